The number of phenolic OH excluding ortho intramolecular Hbond substituents is 1. The molecule has 1 amide bonds. The zero-order valence-electron chi connectivity index (χ0n) is 13.0. The smallest absolute Gasteiger partial charge is 0.274 e. The highest BCUT2D eigenvalue weighted by Crippen LogP contribution is 2.22. The third-order valence-corrected chi connectivity index (χ3v) is 3.59. The van der Waals surface area contributed by atoms with Gasteiger partial charge in [0.05, 0.1) is 6.61 Å². The molecule has 3 aromatic carbocycles. The number of carbonyl (C=O) groups is 1. The number of benzene rings is 3. The summed E-state index contributed by atoms with van der Waals surface area (Å²) in [4.78, 5) is 17.3. The normalized spacial score (nSPS) is 10.3. The summed E-state index contributed by atoms with van der Waals surface area (Å²) in [7, 11) is 0. The van der Waals surface area contributed by atoms with Crippen LogP contribution < -0.4 is 5.48 Å². The molecule has 0 unspecified atom stereocenters. The lowest BCUT2D eigenvalue weighted by Crippen LogP contribution is -2.23. The number of carbonyl (C=O) groups excluding carboxylic acids is 1. The van der Waals surface area contributed by atoms with Gasteiger partial charge < -0.3 is 5.11 Å². The molecule has 0 radical (unpaired) electrons. The van der Waals surface area contributed by atoms with Gasteiger partial charge in [-0.05, 0) is 41.0 Å². The van der Waals surface area contributed by atoms with E-state index in [2.05, 4.69) is 5.48 Å². The van der Waals surface area contributed by atoms with E-state index in [1.807, 2.05) is 54.6 Å². The maximum absolute atomic E-state index is 12.1. The molecule has 0 aliphatic rings. The molecule has 0 saturated carbocycles. The summed E-state index contributed by atoms with van der Waals surface area (Å²) >= 11 is 0. The number of hydrogen-bond donors (Lipinski definition) is 2. The first kappa shape index (κ1) is 15.8. The minimum atomic E-state index is -0.289. The number of hydroxylamine groups is 1. The second kappa shape index (κ2) is 7.44. The van der Waals surface area contributed by atoms with Gasteiger partial charge in [0.2, 0.25) is 0 Å². The lowest BCUT2D eigenvalue weighted by atomic mass is 10.0. The van der Waals surface area contributed by atoms with Crippen LogP contribution in [0.3, 0.4) is 0 Å². The van der Waals surface area contributed by atoms with Gasteiger partial charge >= 0.3 is 0 Å². The molecule has 0 atom stereocenters. The largest absolute Gasteiger partial charge is 0.508 e. The molecular formula is C20H17NO3. The van der Waals surface area contributed by atoms with Crippen LogP contribution in [0.2, 0.25) is 0 Å². The van der Waals surface area contributed by atoms with Gasteiger partial charge in [-0.15, -0.1) is 0 Å². The van der Waals surface area contributed by atoms with E-state index in [4.69, 9.17) is 4.84 Å². The minimum Gasteiger partial charge on any atom is -0.508 e. The zero-order valence-corrected chi connectivity index (χ0v) is 13.0. The fourth-order valence-corrected chi connectivity index (χ4v) is 2.29. The van der Waals surface area contributed by atoms with Crippen molar-refractivity contribution in [2.45, 2.75) is 6.61 Å². The van der Waals surface area contributed by atoms with E-state index in [9.17, 15) is 9.90 Å². The zero-order chi connectivity index (χ0) is 16.8. The highest BCUT2D eigenvalue weighted by molar-refractivity contribution is 5.93. The molecule has 0 bridgehead atoms. The average Bonchev–Trinajstić information content (AvgIpc) is 2.63. The van der Waals surface area contributed by atoms with Crippen LogP contribution in [0, 0.1) is 0 Å². The molecule has 0 aliphatic heterocycles. The van der Waals surface area contributed by atoms with Crippen molar-refractivity contribution in [3.63, 3.8) is 0 Å². The van der Waals surface area contributed by atoms with Crippen LogP contribution in [-0.2, 0) is 11.4 Å². The molecule has 4 heteroatoms. The number of hydrogen-bond acceptors (Lipinski definition) is 3. The van der Waals surface area contributed by atoms with Crippen molar-refractivity contribution >= 4 is 5.91 Å². The van der Waals surface area contributed by atoms with E-state index < -0.39 is 0 Å². The van der Waals surface area contributed by atoms with Crippen molar-refractivity contribution in [1.29, 1.82) is 0 Å². The maximum Gasteiger partial charge on any atom is 0.274 e. The first-order chi connectivity index (χ1) is 11.7. The van der Waals surface area contributed by atoms with E-state index >= 15 is 0 Å². The molecule has 0 aliphatic carbocycles. The highest BCUT2D eigenvalue weighted by Gasteiger charge is 2.06. The quantitative estimate of drug-likeness (QED) is 0.701. The topological polar surface area (TPSA) is 58.6 Å². The van der Waals surface area contributed by atoms with Crippen molar-refractivity contribution in [3.05, 3.63) is 90.0 Å². The van der Waals surface area contributed by atoms with Crippen molar-refractivity contribution in [1.82, 2.24) is 5.48 Å². The molecule has 2 N–H and O–H groups in total. The second-order valence-corrected chi connectivity index (χ2v) is 5.33. The lowest BCUT2D eigenvalue weighted by molar-refractivity contribution is 0.0233. The first-order valence-corrected chi connectivity index (χ1v) is 7.58. The Bertz CT molecular complexity index is 797. The molecular weight excluding hydrogens is 302 g/mol. The van der Waals surface area contributed by atoms with Gasteiger partial charge in [-0.2, -0.15) is 0 Å². The molecule has 0 aromatic heterocycles. The highest BCUT2D eigenvalue weighted by atomic mass is 16.6. The van der Waals surface area contributed by atoms with Crippen LogP contribution in [-0.4, -0.2) is 11.0 Å². The Labute approximate surface area is 140 Å². The standard InChI is InChI=1S/C20H17NO3/c22-19-12-10-17(11-13-19)16-6-8-18(9-7-16)20(23)21-24-14-15-4-2-1-3-5-15/h1-13,22H,14H2,(H,21,23). The van der Waals surface area contributed by atoms with E-state index in [-0.39, 0.29) is 11.7 Å². The van der Waals surface area contributed by atoms with Crippen LogP contribution in [0.4, 0.5) is 0 Å². The minimum absolute atomic E-state index is 0.227. The summed E-state index contributed by atoms with van der Waals surface area (Å²) in [6, 6.07) is 23.7. The molecule has 3 aromatic rings. The summed E-state index contributed by atoms with van der Waals surface area (Å²) in [5, 5.41) is 9.32. The monoisotopic (exact) mass is 319 g/mol. The van der Waals surface area contributed by atoms with Crippen molar-refractivity contribution in [3.8, 4) is 16.9 Å². The molecule has 24 heavy (non-hydrogen) atoms. The predicted octanol–water partition coefficient (Wildman–Crippen LogP) is 3.92. The van der Waals surface area contributed by atoms with E-state index in [0.717, 1.165) is 16.7 Å². The van der Waals surface area contributed by atoms with Gasteiger partial charge in [-0.3, -0.25) is 9.63 Å². The van der Waals surface area contributed by atoms with Gasteiger partial charge in [0, 0.05) is 5.56 Å². The van der Waals surface area contributed by atoms with Gasteiger partial charge in [-0.25, -0.2) is 5.48 Å². The summed E-state index contributed by atoms with van der Waals surface area (Å²) in [6.45, 7) is 0.318. The second-order valence-electron chi connectivity index (χ2n) is 5.33. The number of phenols is 1. The Morgan fingerprint density at radius 2 is 1.42 bits per heavy atom. The third kappa shape index (κ3) is 4.00. The number of amides is 1. The van der Waals surface area contributed by atoms with Crippen LogP contribution in [0.15, 0.2) is 78.9 Å². The fraction of sp³-hybridized carbons (Fsp3) is 0.0500. The van der Waals surface area contributed by atoms with Crippen molar-refractivity contribution < 1.29 is 14.7 Å². The predicted molar refractivity (Wildman–Crippen MR) is 92.2 cm³/mol. The van der Waals surface area contributed by atoms with Crippen LogP contribution >= 0.6 is 0 Å². The van der Waals surface area contributed by atoms with Gasteiger partial charge in [0.1, 0.15) is 5.75 Å². The van der Waals surface area contributed by atoms with E-state index in [1.165, 1.54) is 0 Å². The van der Waals surface area contributed by atoms with Crippen LogP contribution in [0.1, 0.15) is 15.9 Å². The summed E-state index contributed by atoms with van der Waals surface area (Å²) < 4.78 is 0. The lowest BCUT2D eigenvalue weighted by Gasteiger charge is -2.07. The molecule has 0 saturated heterocycles. The first-order valence-electron chi connectivity index (χ1n) is 7.58. The molecule has 0 heterocycles. The number of aromatic hydroxyl groups is 1. The Hall–Kier alpha value is -3.11. The maximum atomic E-state index is 12.1. The Kier molecular flexibility index (Phi) is 4.89. The van der Waals surface area contributed by atoms with Gasteiger partial charge in [0.25, 0.3) is 5.91 Å². The van der Waals surface area contributed by atoms with Gasteiger partial charge in [-0.1, -0.05) is 54.6 Å². The summed E-state index contributed by atoms with van der Waals surface area (Å²) in [5.41, 5.74) is 5.89. The molecule has 3 rings (SSSR count). The van der Waals surface area contributed by atoms with Crippen molar-refractivity contribution in [2.24, 2.45) is 0 Å². The molecule has 0 fully saturated rings. The summed E-state index contributed by atoms with van der Waals surface area (Å²) in [5.74, 6) is -0.0616. The Morgan fingerprint density at radius 1 is 0.833 bits per heavy atom. The van der Waals surface area contributed by atoms with Crippen LogP contribution in [0.25, 0.3) is 11.1 Å². The summed E-state index contributed by atoms with van der Waals surface area (Å²) in [6.07, 6.45) is 0. The van der Waals surface area contributed by atoms with E-state index in [0.29, 0.717) is 12.2 Å². The Balaban J connectivity index is 1.58. The van der Waals surface area contributed by atoms with Gasteiger partial charge in [0.15, 0.2) is 0 Å². The Morgan fingerprint density at radius 3 is 2.04 bits per heavy atom. The van der Waals surface area contributed by atoms with E-state index in [1.54, 1.807) is 24.3 Å². The molecule has 4 nitrogen and oxygen atoms in total. The molecule has 0 spiro atoms. The third-order valence-electron chi connectivity index (χ3n) is 3.59. The van der Waals surface area contributed by atoms with Crippen molar-refractivity contribution in [2.75, 3.05) is 0 Å². The number of nitrogens with one attached hydrogen (secondary N) is 1. The fourth-order valence-electron chi connectivity index (χ4n) is 2.29. The average molecular weight is 319 g/mol. The SMILES string of the molecule is O=C(NOCc1ccccc1)c1ccc(-c2ccc(O)cc2)cc1. The van der Waals surface area contributed by atoms with Crippen LogP contribution in [0.5, 0.6) is 5.75 Å². The number of rotatable bonds is 5. The molecule has 120 valence electrons.